The van der Waals surface area contributed by atoms with E-state index in [1.54, 1.807) is 14.2 Å². The molecule has 2 aromatic rings. The van der Waals surface area contributed by atoms with Crippen molar-refractivity contribution in [1.29, 1.82) is 0 Å². The Kier molecular flexibility index (Phi) is 8.52. The maximum absolute atomic E-state index is 12.3. The molecule has 0 bridgehead atoms. The highest BCUT2D eigenvalue weighted by Gasteiger charge is 2.45. The second-order valence-corrected chi connectivity index (χ2v) is 9.27. The fourth-order valence-electron chi connectivity index (χ4n) is 4.44. The van der Waals surface area contributed by atoms with E-state index in [-0.39, 0.29) is 36.1 Å². The number of aryl methyl sites for hydroxylation is 1. The maximum Gasteiger partial charge on any atom is 0.338 e. The molecule has 34 heavy (non-hydrogen) atoms. The first-order valence-corrected chi connectivity index (χ1v) is 11.5. The van der Waals surface area contributed by atoms with Crippen molar-refractivity contribution in [2.75, 3.05) is 27.4 Å². The number of benzene rings is 2. The Morgan fingerprint density at radius 3 is 2.56 bits per heavy atom. The molecule has 0 unspecified atom stereocenters. The minimum absolute atomic E-state index is 0.0526. The van der Waals surface area contributed by atoms with Gasteiger partial charge in [0.25, 0.3) is 0 Å². The summed E-state index contributed by atoms with van der Waals surface area (Å²) in [5.41, 5.74) is 1.13. The number of nitro groups is 1. The topological polar surface area (TPSA) is 97.1 Å². The van der Waals surface area contributed by atoms with E-state index in [4.69, 9.17) is 30.5 Å². The van der Waals surface area contributed by atoms with Crippen molar-refractivity contribution < 1.29 is 28.7 Å². The molecule has 1 atom stereocenters. The number of nitro benzene ring substituents is 1. The highest BCUT2D eigenvalue weighted by atomic mass is 35.5. The van der Waals surface area contributed by atoms with Crippen LogP contribution in [-0.2, 0) is 26.0 Å². The van der Waals surface area contributed by atoms with Gasteiger partial charge in [-0.2, -0.15) is 0 Å². The van der Waals surface area contributed by atoms with E-state index in [9.17, 15) is 14.9 Å². The number of nitrogens with zero attached hydrogens (tertiary/aromatic N) is 1. The second kappa shape index (κ2) is 11.2. The third-order valence-corrected chi connectivity index (χ3v) is 6.21. The van der Waals surface area contributed by atoms with Gasteiger partial charge in [0.1, 0.15) is 6.61 Å². The van der Waals surface area contributed by atoms with Crippen molar-refractivity contribution >= 4 is 23.3 Å². The third kappa shape index (κ3) is 5.51. The Labute approximate surface area is 204 Å². The Hall–Kier alpha value is -2.68. The minimum atomic E-state index is -0.704. The standard InChI is InChI=1S/C25H30ClNO7/c1-16(2)14-33-23(28)18-7-10-22(21(13-18)27(29)30)34-15-25(24(31-3)32-4)11-5-6-17-12-19(26)8-9-20(17)25/h7-10,12-13,16,24H,5-6,11,14-15H2,1-4H3/t25-/m0/s1. The molecule has 0 saturated carbocycles. The van der Waals surface area contributed by atoms with Crippen molar-refractivity contribution in [1.82, 2.24) is 0 Å². The van der Waals surface area contributed by atoms with E-state index in [2.05, 4.69) is 0 Å². The molecule has 0 radical (unpaired) electrons. The molecule has 1 aliphatic rings. The maximum atomic E-state index is 12.3. The van der Waals surface area contributed by atoms with Crippen molar-refractivity contribution in [3.8, 4) is 5.75 Å². The molecule has 8 nitrogen and oxygen atoms in total. The number of methoxy groups -OCH3 is 2. The monoisotopic (exact) mass is 491 g/mol. The average Bonchev–Trinajstić information content (AvgIpc) is 2.81. The summed E-state index contributed by atoms with van der Waals surface area (Å²) in [6.07, 6.45) is 1.76. The van der Waals surface area contributed by atoms with Crippen LogP contribution in [0.4, 0.5) is 5.69 Å². The first-order valence-electron chi connectivity index (χ1n) is 11.1. The third-order valence-electron chi connectivity index (χ3n) is 5.98. The quantitative estimate of drug-likeness (QED) is 0.192. The summed E-state index contributed by atoms with van der Waals surface area (Å²) in [5, 5.41) is 12.4. The molecule has 0 saturated heterocycles. The van der Waals surface area contributed by atoms with Crippen LogP contribution in [-0.4, -0.2) is 44.6 Å². The predicted molar refractivity (Wildman–Crippen MR) is 128 cm³/mol. The molecule has 0 amide bonds. The average molecular weight is 492 g/mol. The number of ether oxygens (including phenoxy) is 4. The summed E-state index contributed by atoms with van der Waals surface area (Å²) >= 11 is 6.22. The van der Waals surface area contributed by atoms with Gasteiger partial charge in [-0.15, -0.1) is 0 Å². The number of fused-ring (bicyclic) bond motifs is 1. The normalized spacial score (nSPS) is 17.5. The minimum Gasteiger partial charge on any atom is -0.486 e. The van der Waals surface area contributed by atoms with Crippen LogP contribution in [0.3, 0.4) is 0 Å². The lowest BCUT2D eigenvalue weighted by Crippen LogP contribution is -2.49. The molecule has 0 fully saturated rings. The number of carbonyl (C=O) groups excluding carboxylic acids is 1. The van der Waals surface area contributed by atoms with Crippen LogP contribution in [0, 0.1) is 16.0 Å². The van der Waals surface area contributed by atoms with E-state index >= 15 is 0 Å². The Morgan fingerprint density at radius 2 is 1.91 bits per heavy atom. The molecule has 0 heterocycles. The number of esters is 1. The van der Waals surface area contributed by atoms with Crippen LogP contribution < -0.4 is 4.74 Å². The largest absolute Gasteiger partial charge is 0.486 e. The lowest BCUT2D eigenvalue weighted by molar-refractivity contribution is -0.386. The first-order chi connectivity index (χ1) is 16.2. The Morgan fingerprint density at radius 1 is 1.18 bits per heavy atom. The summed E-state index contributed by atoms with van der Waals surface area (Å²) in [7, 11) is 3.11. The van der Waals surface area contributed by atoms with E-state index in [1.807, 2.05) is 32.0 Å². The van der Waals surface area contributed by atoms with Gasteiger partial charge in [0.05, 0.1) is 22.5 Å². The van der Waals surface area contributed by atoms with E-state index < -0.39 is 22.6 Å². The number of hydrogen-bond donors (Lipinski definition) is 0. The van der Waals surface area contributed by atoms with Crippen molar-refractivity contribution in [3.63, 3.8) is 0 Å². The zero-order valence-electron chi connectivity index (χ0n) is 19.8. The number of rotatable bonds is 10. The molecule has 2 aromatic carbocycles. The summed E-state index contributed by atoms with van der Waals surface area (Å²) in [5.74, 6) is -0.408. The van der Waals surface area contributed by atoms with Gasteiger partial charge in [-0.3, -0.25) is 10.1 Å². The lowest BCUT2D eigenvalue weighted by atomic mass is 9.69. The summed E-state index contributed by atoms with van der Waals surface area (Å²) < 4.78 is 22.6. The summed E-state index contributed by atoms with van der Waals surface area (Å²) in [6.45, 7) is 4.12. The molecule has 3 rings (SSSR count). The number of hydrogen-bond acceptors (Lipinski definition) is 7. The zero-order chi connectivity index (χ0) is 24.9. The van der Waals surface area contributed by atoms with Gasteiger partial charge in [0.15, 0.2) is 12.0 Å². The molecule has 0 N–H and O–H groups in total. The SMILES string of the molecule is COC(OC)[C@]1(COc2ccc(C(=O)OCC(C)C)cc2[N+](=O)[O-])CCCc2cc(Cl)ccc21. The number of carbonyl (C=O) groups is 1. The van der Waals surface area contributed by atoms with Crippen LogP contribution in [0.2, 0.25) is 5.02 Å². The molecule has 0 spiro atoms. The van der Waals surface area contributed by atoms with Gasteiger partial charge in [-0.05, 0) is 60.6 Å². The summed E-state index contributed by atoms with van der Waals surface area (Å²) in [4.78, 5) is 23.5. The van der Waals surface area contributed by atoms with E-state index in [1.165, 1.54) is 18.2 Å². The van der Waals surface area contributed by atoms with Gasteiger partial charge >= 0.3 is 11.7 Å². The Bertz CT molecular complexity index is 1040. The molecule has 184 valence electrons. The van der Waals surface area contributed by atoms with Crippen molar-refractivity contribution in [2.45, 2.75) is 44.8 Å². The highest BCUT2D eigenvalue weighted by molar-refractivity contribution is 6.30. The molecule has 0 aromatic heterocycles. The van der Waals surface area contributed by atoms with Gasteiger partial charge in [0, 0.05) is 25.3 Å². The number of halogens is 1. The van der Waals surface area contributed by atoms with Crippen molar-refractivity contribution in [3.05, 3.63) is 68.2 Å². The lowest BCUT2D eigenvalue weighted by Gasteiger charge is -2.42. The molecular weight excluding hydrogens is 462 g/mol. The van der Waals surface area contributed by atoms with Gasteiger partial charge < -0.3 is 18.9 Å². The predicted octanol–water partition coefficient (Wildman–Crippen LogP) is 5.33. The smallest absolute Gasteiger partial charge is 0.338 e. The van der Waals surface area contributed by atoms with Crippen LogP contribution in [0.15, 0.2) is 36.4 Å². The Balaban J connectivity index is 1.93. The van der Waals surface area contributed by atoms with Gasteiger partial charge in [-0.1, -0.05) is 31.5 Å². The molecular formula is C25H30ClNO7. The highest BCUT2D eigenvalue weighted by Crippen LogP contribution is 2.43. The first kappa shape index (κ1) is 25.9. The molecule has 9 heteroatoms. The van der Waals surface area contributed by atoms with Crippen LogP contribution in [0.1, 0.15) is 48.2 Å². The van der Waals surface area contributed by atoms with Crippen LogP contribution >= 0.6 is 11.6 Å². The second-order valence-electron chi connectivity index (χ2n) is 8.84. The fourth-order valence-corrected chi connectivity index (χ4v) is 4.63. The van der Waals surface area contributed by atoms with Crippen molar-refractivity contribution in [2.24, 2.45) is 5.92 Å². The van der Waals surface area contributed by atoms with E-state index in [0.717, 1.165) is 24.0 Å². The van der Waals surface area contributed by atoms with Crippen LogP contribution in [0.5, 0.6) is 5.75 Å². The zero-order valence-corrected chi connectivity index (χ0v) is 20.6. The fraction of sp³-hybridized carbons (Fsp3) is 0.480. The van der Waals surface area contributed by atoms with Crippen LogP contribution in [0.25, 0.3) is 0 Å². The van der Waals surface area contributed by atoms with Gasteiger partial charge in [-0.25, -0.2) is 4.79 Å². The molecule has 1 aliphatic carbocycles. The van der Waals surface area contributed by atoms with Gasteiger partial charge in [0.2, 0.25) is 0 Å². The summed E-state index contributed by atoms with van der Waals surface area (Å²) in [6, 6.07) is 9.75. The van der Waals surface area contributed by atoms with E-state index in [0.29, 0.717) is 11.4 Å². The molecule has 0 aliphatic heterocycles.